The summed E-state index contributed by atoms with van der Waals surface area (Å²) in [6.45, 7) is 9.67. The van der Waals surface area contributed by atoms with Crippen LogP contribution in [0.2, 0.25) is 0 Å². The Labute approximate surface area is 99.3 Å². The van der Waals surface area contributed by atoms with Crippen LogP contribution in [-0.2, 0) is 4.74 Å². The van der Waals surface area contributed by atoms with Crippen LogP contribution in [0, 0.1) is 17.8 Å². The van der Waals surface area contributed by atoms with Crippen LogP contribution in [0.4, 0.5) is 0 Å². The first kappa shape index (κ1) is 12.3. The summed E-state index contributed by atoms with van der Waals surface area (Å²) in [5, 5.41) is 7.12. The van der Waals surface area contributed by atoms with Gasteiger partial charge in [0.2, 0.25) is 0 Å². The topological polar surface area (TPSA) is 33.3 Å². The average molecular weight is 226 g/mol. The molecular weight excluding hydrogens is 200 g/mol. The van der Waals surface area contributed by atoms with Gasteiger partial charge in [0.25, 0.3) is 0 Å². The van der Waals surface area contributed by atoms with E-state index in [1.165, 1.54) is 19.4 Å². The summed E-state index contributed by atoms with van der Waals surface area (Å²) < 4.78 is 5.54. The monoisotopic (exact) mass is 226 g/mol. The molecule has 0 bridgehead atoms. The van der Waals surface area contributed by atoms with Gasteiger partial charge in [-0.25, -0.2) is 0 Å². The van der Waals surface area contributed by atoms with E-state index in [2.05, 4.69) is 24.5 Å². The molecule has 0 aromatic carbocycles. The predicted molar refractivity (Wildman–Crippen MR) is 66.5 cm³/mol. The maximum absolute atomic E-state index is 5.54. The summed E-state index contributed by atoms with van der Waals surface area (Å²) >= 11 is 0. The molecule has 2 aliphatic rings. The van der Waals surface area contributed by atoms with Crippen molar-refractivity contribution in [1.82, 2.24) is 10.6 Å². The molecule has 1 saturated heterocycles. The van der Waals surface area contributed by atoms with E-state index in [1.54, 1.807) is 0 Å². The predicted octanol–water partition coefficient (Wildman–Crippen LogP) is 1.25. The summed E-state index contributed by atoms with van der Waals surface area (Å²) in [4.78, 5) is 0. The van der Waals surface area contributed by atoms with Crippen LogP contribution in [0.3, 0.4) is 0 Å². The third-order valence-electron chi connectivity index (χ3n) is 3.96. The number of nitrogens with one attached hydrogen (secondary N) is 2. The molecule has 3 unspecified atom stereocenters. The van der Waals surface area contributed by atoms with Crippen LogP contribution < -0.4 is 10.6 Å². The van der Waals surface area contributed by atoms with Crippen molar-refractivity contribution in [2.24, 2.45) is 17.8 Å². The molecule has 3 nitrogen and oxygen atoms in total. The van der Waals surface area contributed by atoms with Crippen LogP contribution in [0.5, 0.6) is 0 Å². The van der Waals surface area contributed by atoms with Crippen molar-refractivity contribution in [3.8, 4) is 0 Å². The number of hydrogen-bond acceptors (Lipinski definition) is 3. The fourth-order valence-corrected chi connectivity index (χ4v) is 2.62. The Kier molecular flexibility index (Phi) is 4.62. The van der Waals surface area contributed by atoms with Crippen molar-refractivity contribution in [1.29, 1.82) is 0 Å². The lowest BCUT2D eigenvalue weighted by Crippen LogP contribution is -2.41. The fraction of sp³-hybridized carbons (Fsp3) is 1.00. The zero-order valence-corrected chi connectivity index (χ0v) is 10.7. The van der Waals surface area contributed by atoms with E-state index >= 15 is 0 Å². The summed E-state index contributed by atoms with van der Waals surface area (Å²) in [5.74, 6) is 2.53. The maximum atomic E-state index is 5.54. The van der Waals surface area contributed by atoms with Gasteiger partial charge in [-0.05, 0) is 37.8 Å². The molecule has 3 atom stereocenters. The molecule has 1 aliphatic heterocycles. The highest BCUT2D eigenvalue weighted by atomic mass is 16.5. The Balaban J connectivity index is 1.60. The van der Waals surface area contributed by atoms with Gasteiger partial charge in [0.15, 0.2) is 0 Å². The van der Waals surface area contributed by atoms with Crippen molar-refractivity contribution < 1.29 is 4.74 Å². The molecule has 1 saturated carbocycles. The van der Waals surface area contributed by atoms with Crippen LogP contribution in [-0.4, -0.2) is 38.9 Å². The highest BCUT2D eigenvalue weighted by Gasteiger charge is 2.29. The Morgan fingerprint density at radius 2 is 2.12 bits per heavy atom. The SMILES string of the molecule is CCNC1COCC1CNCC(C)C1CC1. The molecule has 0 aromatic heterocycles. The molecule has 3 heteroatoms. The Hall–Kier alpha value is -0.120. The van der Waals surface area contributed by atoms with Gasteiger partial charge >= 0.3 is 0 Å². The van der Waals surface area contributed by atoms with Crippen molar-refractivity contribution in [2.75, 3.05) is 32.8 Å². The van der Waals surface area contributed by atoms with Gasteiger partial charge in [0, 0.05) is 18.5 Å². The standard InChI is InChI=1S/C13H26N2O/c1-3-15-13-9-16-8-12(13)7-14-6-10(2)11-4-5-11/h10-15H,3-9H2,1-2H3. The molecule has 0 spiro atoms. The fourth-order valence-electron chi connectivity index (χ4n) is 2.62. The zero-order valence-electron chi connectivity index (χ0n) is 10.7. The molecule has 0 amide bonds. The first-order valence-corrected chi connectivity index (χ1v) is 6.83. The van der Waals surface area contributed by atoms with E-state index < -0.39 is 0 Å². The van der Waals surface area contributed by atoms with E-state index in [9.17, 15) is 0 Å². The third-order valence-corrected chi connectivity index (χ3v) is 3.96. The number of rotatable bonds is 7. The van der Waals surface area contributed by atoms with Gasteiger partial charge in [-0.15, -0.1) is 0 Å². The summed E-state index contributed by atoms with van der Waals surface area (Å²) in [6.07, 6.45) is 2.91. The smallest absolute Gasteiger partial charge is 0.0623 e. The molecule has 0 aromatic rings. The van der Waals surface area contributed by atoms with Crippen molar-refractivity contribution in [2.45, 2.75) is 32.7 Å². The van der Waals surface area contributed by atoms with Crippen molar-refractivity contribution in [3.05, 3.63) is 0 Å². The van der Waals surface area contributed by atoms with E-state index in [4.69, 9.17) is 4.74 Å². The van der Waals surface area contributed by atoms with E-state index in [1.807, 2.05) is 0 Å². The number of hydrogen-bond donors (Lipinski definition) is 2. The molecule has 2 fully saturated rings. The molecule has 2 N–H and O–H groups in total. The minimum absolute atomic E-state index is 0.564. The molecule has 94 valence electrons. The maximum Gasteiger partial charge on any atom is 0.0623 e. The first-order valence-electron chi connectivity index (χ1n) is 6.83. The minimum Gasteiger partial charge on any atom is -0.379 e. The molecule has 0 radical (unpaired) electrons. The van der Waals surface area contributed by atoms with Crippen LogP contribution in [0.25, 0.3) is 0 Å². The Morgan fingerprint density at radius 3 is 2.81 bits per heavy atom. The summed E-state index contributed by atoms with van der Waals surface area (Å²) in [6, 6.07) is 0.564. The minimum atomic E-state index is 0.564. The van der Waals surface area contributed by atoms with E-state index in [-0.39, 0.29) is 0 Å². The zero-order chi connectivity index (χ0) is 11.4. The van der Waals surface area contributed by atoms with Gasteiger partial charge in [-0.3, -0.25) is 0 Å². The summed E-state index contributed by atoms with van der Waals surface area (Å²) in [7, 11) is 0. The lowest BCUT2D eigenvalue weighted by Gasteiger charge is -2.20. The average Bonchev–Trinajstić information content (AvgIpc) is 3.03. The summed E-state index contributed by atoms with van der Waals surface area (Å²) in [5.41, 5.74) is 0. The van der Waals surface area contributed by atoms with E-state index in [0.717, 1.165) is 38.1 Å². The normalized spacial score (nSPS) is 31.9. The largest absolute Gasteiger partial charge is 0.379 e. The molecule has 1 aliphatic carbocycles. The second kappa shape index (κ2) is 5.99. The lowest BCUT2D eigenvalue weighted by atomic mass is 10.0. The van der Waals surface area contributed by atoms with Crippen LogP contribution >= 0.6 is 0 Å². The Morgan fingerprint density at radius 1 is 1.31 bits per heavy atom. The molecule has 2 rings (SSSR count). The van der Waals surface area contributed by atoms with Gasteiger partial charge in [-0.2, -0.15) is 0 Å². The van der Waals surface area contributed by atoms with Crippen molar-refractivity contribution in [3.63, 3.8) is 0 Å². The third kappa shape index (κ3) is 3.44. The Bertz CT molecular complexity index is 206. The van der Waals surface area contributed by atoms with Crippen molar-refractivity contribution >= 4 is 0 Å². The molecular formula is C13H26N2O. The number of ether oxygens (including phenoxy) is 1. The second-order valence-electron chi connectivity index (χ2n) is 5.43. The van der Waals surface area contributed by atoms with Gasteiger partial charge in [0.05, 0.1) is 13.2 Å². The highest BCUT2D eigenvalue weighted by molar-refractivity contribution is 4.84. The van der Waals surface area contributed by atoms with Gasteiger partial charge in [0.1, 0.15) is 0 Å². The lowest BCUT2D eigenvalue weighted by molar-refractivity contribution is 0.182. The quantitative estimate of drug-likeness (QED) is 0.685. The van der Waals surface area contributed by atoms with Crippen LogP contribution in [0.15, 0.2) is 0 Å². The number of likely N-dealkylation sites (N-methyl/N-ethyl adjacent to an activating group) is 1. The van der Waals surface area contributed by atoms with Gasteiger partial charge < -0.3 is 15.4 Å². The second-order valence-corrected chi connectivity index (χ2v) is 5.43. The first-order chi connectivity index (χ1) is 7.81. The van der Waals surface area contributed by atoms with E-state index in [0.29, 0.717) is 12.0 Å². The van der Waals surface area contributed by atoms with Gasteiger partial charge in [-0.1, -0.05) is 13.8 Å². The molecule has 1 heterocycles. The molecule has 16 heavy (non-hydrogen) atoms. The van der Waals surface area contributed by atoms with Crippen LogP contribution in [0.1, 0.15) is 26.7 Å². The highest BCUT2D eigenvalue weighted by Crippen LogP contribution is 2.36.